The van der Waals surface area contributed by atoms with Crippen molar-refractivity contribution in [2.75, 3.05) is 23.3 Å². The first-order valence-electron chi connectivity index (χ1n) is 4.97. The van der Waals surface area contributed by atoms with Crippen LogP contribution in [0.15, 0.2) is 18.2 Å². The quantitative estimate of drug-likeness (QED) is 0.797. The Bertz CT molecular complexity index is 582. The lowest BCUT2D eigenvalue weighted by Gasteiger charge is -2.17. The standard InChI is InChI=1S/C10H13N3O3S/c1-12-9-4-3-8(13(2)17(11,15)16)5-7(9)6-10(12)14/h3-5H,6H2,1-2H3,(H2,11,15,16). The Morgan fingerprint density at radius 3 is 2.65 bits per heavy atom. The first-order valence-corrected chi connectivity index (χ1v) is 6.47. The molecule has 1 aliphatic heterocycles. The SMILES string of the molecule is CN1C(=O)Cc2cc(N(C)S(N)(=O)=O)ccc21. The van der Waals surface area contributed by atoms with Crippen molar-refractivity contribution in [1.82, 2.24) is 0 Å². The van der Waals surface area contributed by atoms with Crippen molar-refractivity contribution < 1.29 is 13.2 Å². The number of anilines is 2. The van der Waals surface area contributed by atoms with Gasteiger partial charge in [0.25, 0.3) is 10.2 Å². The van der Waals surface area contributed by atoms with Gasteiger partial charge in [-0.3, -0.25) is 9.10 Å². The second-order valence-corrected chi connectivity index (χ2v) is 5.53. The van der Waals surface area contributed by atoms with Crippen molar-refractivity contribution in [3.05, 3.63) is 23.8 Å². The second kappa shape index (κ2) is 3.71. The molecule has 92 valence electrons. The maximum Gasteiger partial charge on any atom is 0.298 e. The van der Waals surface area contributed by atoms with E-state index >= 15 is 0 Å². The minimum absolute atomic E-state index is 0.00425. The molecule has 2 N–H and O–H groups in total. The van der Waals surface area contributed by atoms with Crippen LogP contribution in [-0.2, 0) is 21.4 Å². The Hall–Kier alpha value is -1.60. The average Bonchev–Trinajstić information content (AvgIpc) is 2.52. The number of hydrogen-bond donors (Lipinski definition) is 1. The van der Waals surface area contributed by atoms with Crippen LogP contribution in [0, 0.1) is 0 Å². The van der Waals surface area contributed by atoms with Crippen LogP contribution in [0.4, 0.5) is 11.4 Å². The van der Waals surface area contributed by atoms with Crippen LogP contribution in [0.3, 0.4) is 0 Å². The second-order valence-electron chi connectivity index (χ2n) is 3.95. The number of rotatable bonds is 2. The molecule has 0 unspecified atom stereocenters. The molecule has 7 heteroatoms. The fourth-order valence-electron chi connectivity index (χ4n) is 1.80. The Labute approximate surface area is 99.8 Å². The molecule has 1 aromatic rings. The summed E-state index contributed by atoms with van der Waals surface area (Å²) < 4.78 is 23.4. The van der Waals surface area contributed by atoms with Crippen LogP contribution < -0.4 is 14.3 Å². The fraction of sp³-hybridized carbons (Fsp3) is 0.300. The highest BCUT2D eigenvalue weighted by Crippen LogP contribution is 2.31. The summed E-state index contributed by atoms with van der Waals surface area (Å²) in [7, 11) is -0.701. The van der Waals surface area contributed by atoms with Gasteiger partial charge in [0.2, 0.25) is 5.91 Å². The van der Waals surface area contributed by atoms with Gasteiger partial charge in [-0.15, -0.1) is 0 Å². The lowest BCUT2D eigenvalue weighted by atomic mass is 10.1. The largest absolute Gasteiger partial charge is 0.315 e. The molecule has 1 amide bonds. The van der Waals surface area contributed by atoms with Gasteiger partial charge in [0, 0.05) is 19.8 Å². The Morgan fingerprint density at radius 2 is 2.06 bits per heavy atom. The van der Waals surface area contributed by atoms with E-state index in [0.29, 0.717) is 5.69 Å². The van der Waals surface area contributed by atoms with Gasteiger partial charge in [0.15, 0.2) is 0 Å². The van der Waals surface area contributed by atoms with E-state index in [2.05, 4.69) is 0 Å². The maximum atomic E-state index is 11.5. The van der Waals surface area contributed by atoms with Crippen molar-refractivity contribution in [2.24, 2.45) is 5.14 Å². The zero-order chi connectivity index (χ0) is 12.8. The summed E-state index contributed by atoms with van der Waals surface area (Å²) in [4.78, 5) is 13.0. The molecular formula is C10H13N3O3S. The van der Waals surface area contributed by atoms with Crippen LogP contribution in [0.2, 0.25) is 0 Å². The smallest absolute Gasteiger partial charge is 0.298 e. The molecule has 6 nitrogen and oxygen atoms in total. The Morgan fingerprint density at radius 1 is 1.41 bits per heavy atom. The van der Waals surface area contributed by atoms with E-state index in [4.69, 9.17) is 5.14 Å². The topological polar surface area (TPSA) is 83.7 Å². The van der Waals surface area contributed by atoms with E-state index in [0.717, 1.165) is 15.6 Å². The molecule has 0 saturated heterocycles. The minimum atomic E-state index is -3.77. The number of carbonyl (C=O) groups excluding carboxylic acids is 1. The van der Waals surface area contributed by atoms with Crippen LogP contribution >= 0.6 is 0 Å². The van der Waals surface area contributed by atoms with E-state index in [-0.39, 0.29) is 12.3 Å². The predicted octanol–water partition coefficient (Wildman–Crippen LogP) is -0.155. The van der Waals surface area contributed by atoms with Crippen molar-refractivity contribution in [2.45, 2.75) is 6.42 Å². The van der Waals surface area contributed by atoms with Crippen molar-refractivity contribution in [1.29, 1.82) is 0 Å². The fourth-order valence-corrected chi connectivity index (χ4v) is 2.21. The summed E-state index contributed by atoms with van der Waals surface area (Å²) in [6.07, 6.45) is 0.290. The molecule has 1 heterocycles. The van der Waals surface area contributed by atoms with Crippen LogP contribution in [0.5, 0.6) is 0 Å². The normalized spacial score (nSPS) is 15.0. The Balaban J connectivity index is 2.44. The summed E-state index contributed by atoms with van der Waals surface area (Å²) in [5.41, 5.74) is 2.07. The average molecular weight is 255 g/mol. The van der Waals surface area contributed by atoms with Gasteiger partial charge in [-0.25, -0.2) is 5.14 Å². The number of fused-ring (bicyclic) bond motifs is 1. The van der Waals surface area contributed by atoms with E-state index < -0.39 is 10.2 Å². The van der Waals surface area contributed by atoms with Gasteiger partial charge in [-0.05, 0) is 23.8 Å². The molecule has 0 aromatic heterocycles. The van der Waals surface area contributed by atoms with E-state index in [9.17, 15) is 13.2 Å². The highest BCUT2D eigenvalue weighted by molar-refractivity contribution is 7.90. The lowest BCUT2D eigenvalue weighted by Crippen LogP contribution is -2.33. The zero-order valence-corrected chi connectivity index (χ0v) is 10.4. The molecule has 1 aromatic carbocycles. The number of hydrogen-bond acceptors (Lipinski definition) is 3. The molecule has 1 aliphatic rings. The number of carbonyl (C=O) groups is 1. The third-order valence-corrected chi connectivity index (χ3v) is 3.86. The zero-order valence-electron chi connectivity index (χ0n) is 9.54. The number of amides is 1. The third kappa shape index (κ3) is 1.98. The van der Waals surface area contributed by atoms with Crippen LogP contribution in [-0.4, -0.2) is 28.4 Å². The maximum absolute atomic E-state index is 11.5. The molecule has 0 fully saturated rings. The molecule has 0 spiro atoms. The first kappa shape index (κ1) is 11.9. The summed E-state index contributed by atoms with van der Waals surface area (Å²) >= 11 is 0. The number of benzene rings is 1. The van der Waals surface area contributed by atoms with Crippen LogP contribution in [0.1, 0.15) is 5.56 Å². The van der Waals surface area contributed by atoms with Crippen molar-refractivity contribution in [3.8, 4) is 0 Å². The summed E-state index contributed by atoms with van der Waals surface area (Å²) in [6.45, 7) is 0. The minimum Gasteiger partial charge on any atom is -0.315 e. The Kier molecular flexibility index (Phi) is 2.59. The molecule has 0 bridgehead atoms. The number of likely N-dealkylation sites (N-methyl/N-ethyl adjacent to an activating group) is 1. The van der Waals surface area contributed by atoms with E-state index in [1.807, 2.05) is 0 Å². The highest BCUT2D eigenvalue weighted by atomic mass is 32.2. The van der Waals surface area contributed by atoms with Crippen molar-refractivity contribution >= 4 is 27.5 Å². The monoisotopic (exact) mass is 255 g/mol. The number of nitrogens with zero attached hydrogens (tertiary/aromatic N) is 2. The molecule has 0 radical (unpaired) electrons. The lowest BCUT2D eigenvalue weighted by molar-refractivity contribution is -0.117. The van der Waals surface area contributed by atoms with Gasteiger partial charge in [0.05, 0.1) is 12.1 Å². The number of nitrogens with two attached hydrogens (primary N) is 1. The van der Waals surface area contributed by atoms with E-state index in [1.165, 1.54) is 7.05 Å². The van der Waals surface area contributed by atoms with Crippen LogP contribution in [0.25, 0.3) is 0 Å². The summed E-state index contributed by atoms with van der Waals surface area (Å²) in [6, 6.07) is 5.01. The highest BCUT2D eigenvalue weighted by Gasteiger charge is 2.25. The summed E-state index contributed by atoms with van der Waals surface area (Å²) in [5.74, 6) is -0.00425. The molecule has 0 atom stereocenters. The van der Waals surface area contributed by atoms with Gasteiger partial charge in [-0.2, -0.15) is 8.42 Å². The third-order valence-electron chi connectivity index (χ3n) is 2.89. The molecule has 0 aliphatic carbocycles. The first-order chi connectivity index (χ1) is 7.80. The van der Waals surface area contributed by atoms with E-state index in [1.54, 1.807) is 30.1 Å². The summed E-state index contributed by atoms with van der Waals surface area (Å²) in [5, 5.41) is 5.03. The van der Waals surface area contributed by atoms with Gasteiger partial charge < -0.3 is 4.90 Å². The van der Waals surface area contributed by atoms with Gasteiger partial charge in [0.1, 0.15) is 0 Å². The molecular weight excluding hydrogens is 242 g/mol. The van der Waals surface area contributed by atoms with Gasteiger partial charge in [-0.1, -0.05) is 0 Å². The van der Waals surface area contributed by atoms with Gasteiger partial charge >= 0.3 is 0 Å². The van der Waals surface area contributed by atoms with Crippen molar-refractivity contribution in [3.63, 3.8) is 0 Å². The molecule has 0 saturated carbocycles. The predicted molar refractivity (Wildman–Crippen MR) is 65.1 cm³/mol. The molecule has 17 heavy (non-hydrogen) atoms. The molecule has 2 rings (SSSR count).